The summed E-state index contributed by atoms with van der Waals surface area (Å²) in [6.07, 6.45) is 7.45. The molecule has 5 nitrogen and oxygen atoms in total. The number of carbonyl (C=O) groups excluding carboxylic acids is 1. The van der Waals surface area contributed by atoms with Gasteiger partial charge in [0.2, 0.25) is 5.91 Å². The molecule has 4 aliphatic carbocycles. The van der Waals surface area contributed by atoms with E-state index in [1.165, 1.54) is 19.3 Å². The van der Waals surface area contributed by atoms with Crippen molar-refractivity contribution in [1.29, 1.82) is 0 Å². The quantitative estimate of drug-likeness (QED) is 0.707. The van der Waals surface area contributed by atoms with E-state index in [0.29, 0.717) is 0 Å². The van der Waals surface area contributed by atoms with Gasteiger partial charge in [-0.25, -0.2) is 0 Å². The van der Waals surface area contributed by atoms with Crippen molar-refractivity contribution in [3.63, 3.8) is 0 Å². The summed E-state index contributed by atoms with van der Waals surface area (Å²) in [5.41, 5.74) is 5.78. The third-order valence-electron chi connectivity index (χ3n) is 5.43. The van der Waals surface area contributed by atoms with E-state index in [1.54, 1.807) is 0 Å². The number of carboxylic acids is 1. The average molecular weight is 280 g/mol. The van der Waals surface area contributed by atoms with Crippen LogP contribution >= 0.6 is 0 Å². The maximum absolute atomic E-state index is 12.2. The van der Waals surface area contributed by atoms with Gasteiger partial charge in [-0.05, 0) is 62.7 Å². The molecule has 4 aliphatic rings. The van der Waals surface area contributed by atoms with Crippen LogP contribution in [0.1, 0.15) is 51.4 Å². The van der Waals surface area contributed by atoms with Gasteiger partial charge in [-0.3, -0.25) is 9.59 Å². The summed E-state index contributed by atoms with van der Waals surface area (Å²) in [5.74, 6) is 1.27. The second-order valence-electron chi connectivity index (χ2n) is 7.23. The second kappa shape index (κ2) is 5.02. The van der Waals surface area contributed by atoms with Gasteiger partial charge in [0.1, 0.15) is 0 Å². The summed E-state index contributed by atoms with van der Waals surface area (Å²) < 4.78 is 0. The summed E-state index contributed by atoms with van der Waals surface area (Å²) in [6.45, 7) is 0. The molecular formula is C15H24N2O3. The van der Waals surface area contributed by atoms with Crippen LogP contribution in [0.15, 0.2) is 0 Å². The van der Waals surface area contributed by atoms with E-state index in [-0.39, 0.29) is 24.3 Å². The molecule has 0 radical (unpaired) electrons. The van der Waals surface area contributed by atoms with Crippen LogP contribution in [0, 0.1) is 17.8 Å². The minimum atomic E-state index is -0.900. The smallest absolute Gasteiger partial charge is 0.303 e. The number of carbonyl (C=O) groups is 2. The van der Waals surface area contributed by atoms with Crippen LogP contribution in [-0.2, 0) is 9.59 Å². The van der Waals surface area contributed by atoms with Crippen LogP contribution in [0.2, 0.25) is 0 Å². The third kappa shape index (κ3) is 2.68. The highest BCUT2D eigenvalue weighted by Gasteiger charge is 2.51. The molecule has 4 bridgehead atoms. The Labute approximate surface area is 119 Å². The Morgan fingerprint density at radius 3 is 2.10 bits per heavy atom. The molecule has 0 saturated heterocycles. The highest BCUT2D eigenvalue weighted by molar-refractivity contribution is 5.83. The Hall–Kier alpha value is -1.10. The van der Waals surface area contributed by atoms with Crippen molar-refractivity contribution in [2.75, 3.05) is 0 Å². The summed E-state index contributed by atoms with van der Waals surface area (Å²) in [4.78, 5) is 22.8. The number of amides is 1. The maximum atomic E-state index is 12.2. The lowest BCUT2D eigenvalue weighted by Crippen LogP contribution is -2.62. The molecular weight excluding hydrogens is 256 g/mol. The predicted octanol–water partition coefficient (Wildman–Crippen LogP) is 1.26. The molecule has 0 spiro atoms. The van der Waals surface area contributed by atoms with E-state index in [4.69, 9.17) is 10.8 Å². The highest BCUT2D eigenvalue weighted by Crippen LogP contribution is 2.55. The molecule has 1 atom stereocenters. The van der Waals surface area contributed by atoms with Gasteiger partial charge >= 0.3 is 5.97 Å². The van der Waals surface area contributed by atoms with E-state index in [0.717, 1.165) is 37.0 Å². The molecule has 4 fully saturated rings. The van der Waals surface area contributed by atoms with Gasteiger partial charge in [-0.2, -0.15) is 0 Å². The Morgan fingerprint density at radius 1 is 1.15 bits per heavy atom. The molecule has 1 amide bonds. The standard InChI is InChI=1S/C15H24N2O3/c16-12(1-2-13(18)19)14(20)17-15-6-9-3-10(7-15)5-11(4-9)8-15/h9-12H,1-8,16H2,(H,17,20)(H,18,19)/t9?,10?,11?,12-,15?/m0/s1. The van der Waals surface area contributed by atoms with Gasteiger partial charge in [0.15, 0.2) is 0 Å². The van der Waals surface area contributed by atoms with E-state index in [1.807, 2.05) is 0 Å². The van der Waals surface area contributed by atoms with Crippen molar-refractivity contribution in [2.24, 2.45) is 23.5 Å². The van der Waals surface area contributed by atoms with Crippen molar-refractivity contribution < 1.29 is 14.7 Å². The Morgan fingerprint density at radius 2 is 1.65 bits per heavy atom. The first-order chi connectivity index (χ1) is 9.46. The number of hydrogen-bond acceptors (Lipinski definition) is 3. The molecule has 112 valence electrons. The number of carboxylic acid groups (broad SMARTS) is 1. The zero-order valence-electron chi connectivity index (χ0n) is 11.8. The van der Waals surface area contributed by atoms with Gasteiger partial charge in [0.25, 0.3) is 0 Å². The first-order valence-corrected chi connectivity index (χ1v) is 7.75. The lowest BCUT2D eigenvalue weighted by atomic mass is 9.53. The molecule has 0 heterocycles. The lowest BCUT2D eigenvalue weighted by molar-refractivity contribution is -0.137. The fourth-order valence-electron chi connectivity index (χ4n) is 5.03. The second-order valence-corrected chi connectivity index (χ2v) is 7.23. The van der Waals surface area contributed by atoms with Gasteiger partial charge in [0, 0.05) is 12.0 Å². The van der Waals surface area contributed by atoms with Crippen LogP contribution in [0.25, 0.3) is 0 Å². The van der Waals surface area contributed by atoms with Crippen LogP contribution in [0.4, 0.5) is 0 Å². The molecule has 0 aromatic rings. The van der Waals surface area contributed by atoms with Crippen LogP contribution in [-0.4, -0.2) is 28.6 Å². The number of aliphatic carboxylic acids is 1. The molecule has 0 aromatic carbocycles. The van der Waals surface area contributed by atoms with E-state index >= 15 is 0 Å². The molecule has 0 unspecified atom stereocenters. The molecule has 20 heavy (non-hydrogen) atoms. The minimum absolute atomic E-state index is 0.0350. The zero-order chi connectivity index (χ0) is 14.3. The van der Waals surface area contributed by atoms with Crippen molar-refractivity contribution in [1.82, 2.24) is 5.32 Å². The van der Waals surface area contributed by atoms with Crippen LogP contribution < -0.4 is 11.1 Å². The first kappa shape index (κ1) is 13.9. The summed E-state index contributed by atoms with van der Waals surface area (Å²) in [7, 11) is 0. The largest absolute Gasteiger partial charge is 0.481 e. The topological polar surface area (TPSA) is 92.4 Å². The SMILES string of the molecule is N[C@@H](CCC(=O)O)C(=O)NC12CC3CC(CC(C3)C1)C2. The highest BCUT2D eigenvalue weighted by atomic mass is 16.4. The average Bonchev–Trinajstić information content (AvgIpc) is 2.33. The molecule has 5 heteroatoms. The van der Waals surface area contributed by atoms with E-state index in [9.17, 15) is 9.59 Å². The fraction of sp³-hybridized carbons (Fsp3) is 0.867. The van der Waals surface area contributed by atoms with Crippen molar-refractivity contribution in [3.8, 4) is 0 Å². The monoisotopic (exact) mass is 280 g/mol. The Bertz CT molecular complexity index is 386. The van der Waals surface area contributed by atoms with Crippen LogP contribution in [0.3, 0.4) is 0 Å². The minimum Gasteiger partial charge on any atom is -0.481 e. The first-order valence-electron chi connectivity index (χ1n) is 7.75. The van der Waals surface area contributed by atoms with Crippen molar-refractivity contribution in [3.05, 3.63) is 0 Å². The summed E-state index contributed by atoms with van der Waals surface area (Å²) in [5, 5.41) is 11.9. The van der Waals surface area contributed by atoms with Crippen molar-refractivity contribution >= 4 is 11.9 Å². The molecule has 4 saturated carbocycles. The summed E-state index contributed by atoms with van der Waals surface area (Å²) >= 11 is 0. The summed E-state index contributed by atoms with van der Waals surface area (Å²) in [6, 6.07) is -0.695. The third-order valence-corrected chi connectivity index (χ3v) is 5.43. The van der Waals surface area contributed by atoms with Gasteiger partial charge in [-0.1, -0.05) is 0 Å². The fourth-order valence-corrected chi connectivity index (χ4v) is 5.03. The predicted molar refractivity (Wildman–Crippen MR) is 73.9 cm³/mol. The Kier molecular flexibility index (Phi) is 3.48. The van der Waals surface area contributed by atoms with Gasteiger partial charge < -0.3 is 16.2 Å². The molecule has 0 aliphatic heterocycles. The maximum Gasteiger partial charge on any atom is 0.303 e. The van der Waals surface area contributed by atoms with Gasteiger partial charge in [0.05, 0.1) is 6.04 Å². The number of rotatable bonds is 5. The number of nitrogens with two attached hydrogens (primary N) is 1. The normalized spacial score (nSPS) is 39.5. The molecule has 4 rings (SSSR count). The molecule has 0 aromatic heterocycles. The Balaban J connectivity index is 1.59. The van der Waals surface area contributed by atoms with E-state index < -0.39 is 12.0 Å². The number of nitrogens with one attached hydrogen (secondary N) is 1. The number of hydrogen-bond donors (Lipinski definition) is 3. The zero-order valence-corrected chi connectivity index (χ0v) is 11.8. The molecule has 4 N–H and O–H groups in total. The van der Waals surface area contributed by atoms with Crippen molar-refractivity contribution in [2.45, 2.75) is 62.9 Å². The van der Waals surface area contributed by atoms with E-state index in [2.05, 4.69) is 5.32 Å². The van der Waals surface area contributed by atoms with Crippen LogP contribution in [0.5, 0.6) is 0 Å². The lowest BCUT2D eigenvalue weighted by Gasteiger charge is -2.57. The van der Waals surface area contributed by atoms with Gasteiger partial charge in [-0.15, -0.1) is 0 Å².